The predicted molar refractivity (Wildman–Crippen MR) is 118 cm³/mol. The van der Waals surface area contributed by atoms with E-state index in [-0.39, 0.29) is 5.91 Å². The van der Waals surface area contributed by atoms with Crippen molar-refractivity contribution in [2.24, 2.45) is 16.9 Å². The van der Waals surface area contributed by atoms with Crippen LogP contribution >= 0.6 is 31.9 Å². The van der Waals surface area contributed by atoms with Gasteiger partial charge in [-0.25, -0.2) is 5.43 Å². The molecule has 144 valence electrons. The summed E-state index contributed by atoms with van der Waals surface area (Å²) in [5.41, 5.74) is 6.48. The summed E-state index contributed by atoms with van der Waals surface area (Å²) in [6, 6.07) is 11.4. The maximum atomic E-state index is 12.3. The van der Waals surface area contributed by atoms with Crippen LogP contribution in [0.25, 0.3) is 0 Å². The third kappa shape index (κ3) is 4.08. The molecule has 0 heterocycles. The molecule has 1 amide bonds. The van der Waals surface area contributed by atoms with Gasteiger partial charge in [0.15, 0.2) is 0 Å². The van der Waals surface area contributed by atoms with Crippen LogP contribution in [0.15, 0.2) is 62.6 Å². The minimum atomic E-state index is -0.186. The fraction of sp³-hybridized carbons (Fsp3) is 0.273. The molecule has 1 fully saturated rings. The van der Waals surface area contributed by atoms with Crippen molar-refractivity contribution >= 4 is 43.5 Å². The van der Waals surface area contributed by atoms with Crippen LogP contribution in [0.3, 0.4) is 0 Å². The van der Waals surface area contributed by atoms with E-state index >= 15 is 0 Å². The summed E-state index contributed by atoms with van der Waals surface area (Å²) < 4.78 is 7.74. The minimum Gasteiger partial charge on any atom is -0.487 e. The molecule has 0 saturated heterocycles. The second kappa shape index (κ2) is 8.21. The number of nitrogens with zero attached hydrogens (tertiary/aromatic N) is 1. The molecule has 6 heteroatoms. The molecule has 2 aromatic carbocycles. The van der Waals surface area contributed by atoms with E-state index in [1.165, 1.54) is 0 Å². The SMILES string of the molecule is Cc1cc(Br)c(OCc2ccc(C(=O)N/N=C3/CC4CC=CC34)cc2)c(Br)c1. The van der Waals surface area contributed by atoms with Crippen LogP contribution < -0.4 is 10.2 Å². The van der Waals surface area contributed by atoms with Gasteiger partial charge < -0.3 is 4.74 Å². The summed E-state index contributed by atoms with van der Waals surface area (Å²) in [6.45, 7) is 2.45. The molecular formula is C22H20Br2N2O2. The third-order valence-electron chi connectivity index (χ3n) is 5.19. The quantitative estimate of drug-likeness (QED) is 0.415. The van der Waals surface area contributed by atoms with Gasteiger partial charge in [-0.1, -0.05) is 24.3 Å². The molecule has 2 aromatic rings. The Morgan fingerprint density at radius 2 is 1.93 bits per heavy atom. The summed E-state index contributed by atoms with van der Waals surface area (Å²) in [7, 11) is 0. The van der Waals surface area contributed by atoms with E-state index in [9.17, 15) is 4.79 Å². The zero-order valence-electron chi connectivity index (χ0n) is 15.4. The number of hydrogen-bond acceptors (Lipinski definition) is 3. The number of ether oxygens (including phenoxy) is 1. The first-order chi connectivity index (χ1) is 13.5. The summed E-state index contributed by atoms with van der Waals surface area (Å²) in [6.07, 6.45) is 6.52. The predicted octanol–water partition coefficient (Wildman–Crippen LogP) is 5.78. The second-order valence-electron chi connectivity index (χ2n) is 7.24. The third-order valence-corrected chi connectivity index (χ3v) is 6.37. The molecule has 2 atom stereocenters. The number of rotatable bonds is 5. The Bertz CT molecular complexity index is 944. The Hall–Kier alpha value is -1.92. The number of halogens is 2. The summed E-state index contributed by atoms with van der Waals surface area (Å²) in [5.74, 6) is 1.71. The lowest BCUT2D eigenvalue weighted by Gasteiger charge is -2.31. The molecule has 2 aliphatic rings. The number of nitrogens with one attached hydrogen (secondary N) is 1. The van der Waals surface area contributed by atoms with Gasteiger partial charge in [-0.15, -0.1) is 0 Å². The molecule has 4 rings (SSSR count). The lowest BCUT2D eigenvalue weighted by molar-refractivity contribution is 0.0954. The van der Waals surface area contributed by atoms with Gasteiger partial charge in [0.05, 0.1) is 8.95 Å². The lowest BCUT2D eigenvalue weighted by Crippen LogP contribution is -2.35. The van der Waals surface area contributed by atoms with E-state index in [0.29, 0.717) is 24.0 Å². The van der Waals surface area contributed by atoms with E-state index < -0.39 is 0 Å². The first-order valence-electron chi connectivity index (χ1n) is 9.22. The van der Waals surface area contributed by atoms with Gasteiger partial charge in [0, 0.05) is 17.2 Å². The summed E-state index contributed by atoms with van der Waals surface area (Å²) in [4.78, 5) is 12.3. The maximum absolute atomic E-state index is 12.3. The van der Waals surface area contributed by atoms with Crippen LogP contribution in [0.2, 0.25) is 0 Å². The maximum Gasteiger partial charge on any atom is 0.271 e. The number of benzene rings is 2. The highest BCUT2D eigenvalue weighted by molar-refractivity contribution is 9.11. The van der Waals surface area contributed by atoms with Gasteiger partial charge in [0.25, 0.3) is 5.91 Å². The number of amides is 1. The van der Waals surface area contributed by atoms with Crippen LogP contribution in [0.5, 0.6) is 5.75 Å². The molecule has 0 bridgehead atoms. The van der Waals surface area contributed by atoms with E-state index in [0.717, 1.165) is 44.4 Å². The highest BCUT2D eigenvalue weighted by Gasteiger charge is 2.37. The molecule has 0 aliphatic heterocycles. The van der Waals surface area contributed by atoms with Crippen molar-refractivity contribution in [3.8, 4) is 5.75 Å². The zero-order chi connectivity index (χ0) is 19.7. The van der Waals surface area contributed by atoms with Crippen molar-refractivity contribution in [2.75, 3.05) is 0 Å². The molecule has 0 spiro atoms. The first kappa shape index (κ1) is 19.4. The van der Waals surface area contributed by atoms with E-state index in [4.69, 9.17) is 4.74 Å². The molecule has 0 radical (unpaired) electrons. The normalized spacial score (nSPS) is 21.3. The van der Waals surface area contributed by atoms with Crippen molar-refractivity contribution in [1.29, 1.82) is 0 Å². The van der Waals surface area contributed by atoms with E-state index in [1.807, 2.05) is 31.2 Å². The number of hydrogen-bond donors (Lipinski definition) is 1. The van der Waals surface area contributed by atoms with Gasteiger partial charge in [-0.05, 0) is 92.9 Å². The van der Waals surface area contributed by atoms with Crippen molar-refractivity contribution in [1.82, 2.24) is 5.43 Å². The highest BCUT2D eigenvalue weighted by Crippen LogP contribution is 2.40. The number of carbonyl (C=O) groups excluding carboxylic acids is 1. The lowest BCUT2D eigenvalue weighted by atomic mass is 9.74. The Kier molecular flexibility index (Phi) is 5.69. The van der Waals surface area contributed by atoms with Crippen LogP contribution in [0, 0.1) is 18.8 Å². The molecule has 0 aromatic heterocycles. The fourth-order valence-electron chi connectivity index (χ4n) is 3.58. The van der Waals surface area contributed by atoms with E-state index in [1.54, 1.807) is 12.1 Å². The number of fused-ring (bicyclic) bond motifs is 1. The first-order valence-corrected chi connectivity index (χ1v) is 10.8. The monoisotopic (exact) mass is 502 g/mol. The Labute approximate surface area is 181 Å². The molecule has 2 unspecified atom stereocenters. The van der Waals surface area contributed by atoms with Crippen LogP contribution in [0.4, 0.5) is 0 Å². The van der Waals surface area contributed by atoms with Crippen molar-refractivity contribution in [3.63, 3.8) is 0 Å². The Balaban J connectivity index is 1.34. The summed E-state index contributed by atoms with van der Waals surface area (Å²) in [5, 5.41) is 4.30. The molecule has 1 N–H and O–H groups in total. The van der Waals surface area contributed by atoms with Gasteiger partial charge in [0.2, 0.25) is 0 Å². The van der Waals surface area contributed by atoms with Gasteiger partial charge >= 0.3 is 0 Å². The molecule has 1 saturated carbocycles. The zero-order valence-corrected chi connectivity index (χ0v) is 18.6. The standard InChI is InChI=1S/C22H20Br2N2O2/c1-13-9-18(23)21(19(24)10-13)28-12-14-5-7-15(8-6-14)22(27)26-25-20-11-16-3-2-4-17(16)20/h2,4-10,16-17H,3,11-12H2,1H3,(H,26,27)/b25-20-. The second-order valence-corrected chi connectivity index (χ2v) is 8.95. The molecule has 2 aliphatic carbocycles. The van der Waals surface area contributed by atoms with E-state index in [2.05, 4.69) is 54.5 Å². The van der Waals surface area contributed by atoms with Crippen molar-refractivity contribution in [3.05, 3.63) is 74.2 Å². The van der Waals surface area contributed by atoms with Gasteiger partial charge in [-0.3, -0.25) is 4.79 Å². The highest BCUT2D eigenvalue weighted by atomic mass is 79.9. The number of allylic oxidation sites excluding steroid dienone is 2. The van der Waals surface area contributed by atoms with Crippen molar-refractivity contribution in [2.45, 2.75) is 26.4 Å². The summed E-state index contributed by atoms with van der Waals surface area (Å²) >= 11 is 7.07. The number of hydrazone groups is 1. The molecule has 28 heavy (non-hydrogen) atoms. The topological polar surface area (TPSA) is 50.7 Å². The van der Waals surface area contributed by atoms with Crippen LogP contribution in [-0.2, 0) is 6.61 Å². The van der Waals surface area contributed by atoms with Crippen molar-refractivity contribution < 1.29 is 9.53 Å². The van der Waals surface area contributed by atoms with Gasteiger partial charge in [-0.2, -0.15) is 5.10 Å². The largest absolute Gasteiger partial charge is 0.487 e. The Morgan fingerprint density at radius 1 is 1.21 bits per heavy atom. The fourth-order valence-corrected chi connectivity index (χ4v) is 5.23. The molecular weight excluding hydrogens is 484 g/mol. The average molecular weight is 504 g/mol. The average Bonchev–Trinajstić information content (AvgIpc) is 3.02. The minimum absolute atomic E-state index is 0.186. The number of aryl methyl sites for hydroxylation is 1. The van der Waals surface area contributed by atoms with Crippen LogP contribution in [-0.4, -0.2) is 11.6 Å². The smallest absolute Gasteiger partial charge is 0.271 e. The van der Waals surface area contributed by atoms with Crippen LogP contribution in [0.1, 0.15) is 34.3 Å². The van der Waals surface area contributed by atoms with Gasteiger partial charge in [0.1, 0.15) is 12.4 Å². The molecule has 4 nitrogen and oxygen atoms in total. The number of carbonyl (C=O) groups is 1. The Morgan fingerprint density at radius 3 is 2.61 bits per heavy atom.